The van der Waals surface area contributed by atoms with E-state index in [0.29, 0.717) is 18.7 Å². The van der Waals surface area contributed by atoms with Gasteiger partial charge in [-0.15, -0.1) is 0 Å². The molecule has 1 aromatic rings. The zero-order valence-electron chi connectivity index (χ0n) is 9.27. The smallest absolute Gasteiger partial charge is 0.130 e. The Bertz CT molecular complexity index is 370. The normalized spacial score (nSPS) is 14.5. The zero-order chi connectivity index (χ0) is 11.3. The Hall–Kier alpha value is -0.880. The summed E-state index contributed by atoms with van der Waals surface area (Å²) in [5, 5.41) is 0.897. The molecule has 1 rings (SSSR count). The number of benzene rings is 1. The first-order chi connectivity index (χ1) is 7.08. The Morgan fingerprint density at radius 1 is 1.27 bits per heavy atom. The molecule has 0 heterocycles. The molecular weight excluding hydrogens is 207 g/mol. The summed E-state index contributed by atoms with van der Waals surface area (Å²) in [6, 6.07) is 9.49. The topological polar surface area (TPSA) is 34.1 Å². The predicted octanol–water partition coefficient (Wildman–Crippen LogP) is 2.67. The van der Waals surface area contributed by atoms with Gasteiger partial charge >= 0.3 is 0 Å². The molecule has 1 atom stereocenters. The Morgan fingerprint density at radius 2 is 1.87 bits per heavy atom. The summed E-state index contributed by atoms with van der Waals surface area (Å²) in [5.74, 6) is 0.111. The molecule has 0 radical (unpaired) electrons. The first-order valence-electron chi connectivity index (χ1n) is 5.21. The summed E-state index contributed by atoms with van der Waals surface area (Å²) in [4.78, 5) is 10.9. The monoisotopic (exact) mass is 224 g/mol. The number of carbonyl (C=O) groups is 1. The van der Waals surface area contributed by atoms with Gasteiger partial charge in [0.2, 0.25) is 0 Å². The summed E-state index contributed by atoms with van der Waals surface area (Å²) < 4.78 is 12.5. The summed E-state index contributed by atoms with van der Waals surface area (Å²) in [7, 11) is -2.33. The molecule has 3 heteroatoms. The van der Waals surface area contributed by atoms with Crippen molar-refractivity contribution in [3.8, 4) is 0 Å². The van der Waals surface area contributed by atoms with Crippen LogP contribution in [0.1, 0.15) is 20.3 Å². The molecular formula is C12H17O2P. The van der Waals surface area contributed by atoms with E-state index in [9.17, 15) is 9.36 Å². The van der Waals surface area contributed by atoms with Gasteiger partial charge in [-0.2, -0.15) is 0 Å². The first-order valence-corrected chi connectivity index (χ1v) is 7.29. The van der Waals surface area contributed by atoms with Gasteiger partial charge in [-0.3, -0.25) is 0 Å². The van der Waals surface area contributed by atoms with Crippen LogP contribution in [0.15, 0.2) is 30.3 Å². The molecule has 0 N–H and O–H groups in total. The number of ketones is 1. The molecule has 0 aliphatic heterocycles. The molecule has 0 spiro atoms. The van der Waals surface area contributed by atoms with Crippen LogP contribution in [-0.2, 0) is 9.36 Å². The summed E-state index contributed by atoms with van der Waals surface area (Å²) in [6.45, 7) is 3.47. The van der Waals surface area contributed by atoms with Crippen molar-refractivity contribution in [1.82, 2.24) is 0 Å². The average Bonchev–Trinajstić information content (AvgIpc) is 2.27. The molecule has 0 fully saturated rings. The van der Waals surface area contributed by atoms with Crippen molar-refractivity contribution in [2.24, 2.45) is 0 Å². The predicted molar refractivity (Wildman–Crippen MR) is 64.4 cm³/mol. The van der Waals surface area contributed by atoms with Gasteiger partial charge in [0, 0.05) is 24.0 Å². The lowest BCUT2D eigenvalue weighted by molar-refractivity contribution is -0.116. The van der Waals surface area contributed by atoms with E-state index in [4.69, 9.17) is 0 Å². The molecule has 15 heavy (non-hydrogen) atoms. The van der Waals surface area contributed by atoms with E-state index in [-0.39, 0.29) is 5.78 Å². The van der Waals surface area contributed by atoms with Crippen molar-refractivity contribution in [3.05, 3.63) is 30.3 Å². The molecule has 0 saturated heterocycles. The second-order valence-corrected chi connectivity index (χ2v) is 7.09. The first kappa shape index (κ1) is 12.2. The van der Waals surface area contributed by atoms with E-state index in [2.05, 4.69) is 0 Å². The minimum Gasteiger partial charge on any atom is -0.319 e. The summed E-state index contributed by atoms with van der Waals surface area (Å²) in [6.07, 6.45) is 1.55. The number of carbonyl (C=O) groups excluding carboxylic acids is 1. The quantitative estimate of drug-likeness (QED) is 0.720. The maximum absolute atomic E-state index is 12.5. The minimum absolute atomic E-state index is 0.111. The van der Waals surface area contributed by atoms with Crippen molar-refractivity contribution >= 4 is 18.2 Å². The zero-order valence-corrected chi connectivity index (χ0v) is 10.2. The molecule has 0 saturated carbocycles. The molecule has 0 aliphatic carbocycles. The second-order valence-electron chi connectivity index (χ2n) is 3.72. The van der Waals surface area contributed by atoms with Crippen LogP contribution in [0, 0.1) is 0 Å². The molecule has 0 aromatic heterocycles. The lowest BCUT2D eigenvalue weighted by atomic mass is 10.4. The van der Waals surface area contributed by atoms with Crippen LogP contribution in [0.25, 0.3) is 0 Å². The maximum atomic E-state index is 12.5. The number of hydrogen-bond donors (Lipinski definition) is 0. The Balaban J connectivity index is 2.86. The van der Waals surface area contributed by atoms with Gasteiger partial charge in [-0.25, -0.2) is 0 Å². The van der Waals surface area contributed by atoms with Crippen LogP contribution in [0.3, 0.4) is 0 Å². The van der Waals surface area contributed by atoms with Crippen molar-refractivity contribution in [1.29, 1.82) is 0 Å². The molecule has 0 bridgehead atoms. The van der Waals surface area contributed by atoms with Crippen molar-refractivity contribution in [2.45, 2.75) is 20.3 Å². The molecule has 0 amide bonds. The third kappa shape index (κ3) is 3.32. The minimum atomic E-state index is -2.33. The van der Waals surface area contributed by atoms with Crippen LogP contribution in [0.5, 0.6) is 0 Å². The number of hydrogen-bond acceptors (Lipinski definition) is 2. The highest BCUT2D eigenvalue weighted by Crippen LogP contribution is 2.44. The Labute approximate surface area is 91.1 Å². The fourth-order valence-electron chi connectivity index (χ4n) is 1.51. The maximum Gasteiger partial charge on any atom is 0.130 e. The molecule has 1 aromatic carbocycles. The van der Waals surface area contributed by atoms with Gasteiger partial charge < -0.3 is 9.36 Å². The second kappa shape index (κ2) is 5.27. The molecule has 82 valence electrons. The lowest BCUT2D eigenvalue weighted by Gasteiger charge is -2.15. The van der Waals surface area contributed by atoms with Crippen LogP contribution in [0.2, 0.25) is 0 Å². The van der Waals surface area contributed by atoms with Crippen molar-refractivity contribution in [2.75, 3.05) is 12.3 Å². The van der Waals surface area contributed by atoms with Crippen molar-refractivity contribution < 1.29 is 9.36 Å². The highest BCUT2D eigenvalue weighted by atomic mass is 31.2. The van der Waals surface area contributed by atoms with Crippen LogP contribution < -0.4 is 5.30 Å². The van der Waals surface area contributed by atoms with E-state index in [1.807, 2.05) is 37.3 Å². The van der Waals surface area contributed by atoms with E-state index < -0.39 is 7.14 Å². The number of Topliss-reactive ketones (excluding diaryl/α,β-unsaturated/α-hetero) is 1. The van der Waals surface area contributed by atoms with Gasteiger partial charge in [-0.05, 0) is 6.92 Å². The molecule has 0 aliphatic rings. The SMILES string of the molecule is CCP(=O)(CCC(C)=O)c1ccccc1. The van der Waals surface area contributed by atoms with Gasteiger partial charge in [0.1, 0.15) is 12.9 Å². The van der Waals surface area contributed by atoms with Gasteiger partial charge in [-0.1, -0.05) is 37.3 Å². The number of rotatable bonds is 5. The molecule has 1 unspecified atom stereocenters. The lowest BCUT2D eigenvalue weighted by Crippen LogP contribution is -2.11. The fourth-order valence-corrected chi connectivity index (χ4v) is 3.84. The van der Waals surface area contributed by atoms with Gasteiger partial charge in [0.05, 0.1) is 0 Å². The van der Waals surface area contributed by atoms with E-state index in [0.717, 1.165) is 5.30 Å². The molecule has 2 nitrogen and oxygen atoms in total. The fraction of sp³-hybridized carbons (Fsp3) is 0.417. The van der Waals surface area contributed by atoms with E-state index in [1.165, 1.54) is 0 Å². The standard InChI is InChI=1S/C12H17O2P/c1-3-15(14,10-9-11(2)13)12-7-5-4-6-8-12/h4-8H,3,9-10H2,1-2H3. The summed E-state index contributed by atoms with van der Waals surface area (Å²) in [5.41, 5.74) is 0. The third-order valence-corrected chi connectivity index (χ3v) is 5.77. The van der Waals surface area contributed by atoms with Crippen LogP contribution in [-0.4, -0.2) is 18.1 Å². The Morgan fingerprint density at radius 3 is 2.33 bits per heavy atom. The van der Waals surface area contributed by atoms with Crippen LogP contribution >= 0.6 is 7.14 Å². The highest BCUT2D eigenvalue weighted by Gasteiger charge is 2.22. The van der Waals surface area contributed by atoms with E-state index in [1.54, 1.807) is 6.92 Å². The largest absolute Gasteiger partial charge is 0.319 e. The average molecular weight is 224 g/mol. The summed E-state index contributed by atoms with van der Waals surface area (Å²) >= 11 is 0. The van der Waals surface area contributed by atoms with Gasteiger partial charge in [0.15, 0.2) is 0 Å². The van der Waals surface area contributed by atoms with E-state index >= 15 is 0 Å². The Kier molecular flexibility index (Phi) is 4.28. The third-order valence-electron chi connectivity index (χ3n) is 2.56. The highest BCUT2D eigenvalue weighted by molar-refractivity contribution is 7.71. The van der Waals surface area contributed by atoms with Crippen LogP contribution in [0.4, 0.5) is 0 Å². The van der Waals surface area contributed by atoms with Gasteiger partial charge in [0.25, 0.3) is 0 Å². The van der Waals surface area contributed by atoms with Crippen molar-refractivity contribution in [3.63, 3.8) is 0 Å².